The van der Waals surface area contributed by atoms with Crippen molar-refractivity contribution in [2.45, 2.75) is 26.7 Å². The number of hydrogen-bond acceptors (Lipinski definition) is 3. The number of carbonyl (C=O) groups is 1. The molecular formula is C12H27N3O. The van der Waals surface area contributed by atoms with Gasteiger partial charge in [-0.2, -0.15) is 0 Å². The molecular weight excluding hydrogens is 202 g/mol. The first-order valence-electron chi connectivity index (χ1n) is 6.34. The number of hydrogen-bond donors (Lipinski definition) is 1. The van der Waals surface area contributed by atoms with Gasteiger partial charge in [-0.1, -0.05) is 13.8 Å². The summed E-state index contributed by atoms with van der Waals surface area (Å²) in [6.45, 7) is 9.65. The van der Waals surface area contributed by atoms with E-state index in [0.717, 1.165) is 39.1 Å². The second kappa shape index (κ2) is 9.60. The largest absolute Gasteiger partial charge is 0.359 e. The Labute approximate surface area is 100.0 Å². The van der Waals surface area contributed by atoms with Gasteiger partial charge in [-0.25, -0.2) is 0 Å². The van der Waals surface area contributed by atoms with Gasteiger partial charge in [0.15, 0.2) is 0 Å². The third-order valence-corrected chi connectivity index (χ3v) is 2.75. The monoisotopic (exact) mass is 229 g/mol. The number of piperazine rings is 1. The predicted octanol–water partition coefficient (Wildman–Crippen LogP) is 0.786. The van der Waals surface area contributed by atoms with Gasteiger partial charge in [0.05, 0.1) is 0 Å². The van der Waals surface area contributed by atoms with Gasteiger partial charge in [0.2, 0.25) is 5.91 Å². The van der Waals surface area contributed by atoms with Crippen LogP contribution in [0.25, 0.3) is 0 Å². The van der Waals surface area contributed by atoms with Crippen molar-refractivity contribution in [1.29, 1.82) is 0 Å². The summed E-state index contributed by atoms with van der Waals surface area (Å²) in [4.78, 5) is 15.7. The van der Waals surface area contributed by atoms with Crippen LogP contribution in [0, 0.1) is 0 Å². The van der Waals surface area contributed by atoms with E-state index in [9.17, 15) is 4.79 Å². The fourth-order valence-corrected chi connectivity index (χ4v) is 1.66. The molecule has 0 aromatic heterocycles. The molecule has 0 aromatic carbocycles. The Morgan fingerprint density at radius 3 is 2.25 bits per heavy atom. The summed E-state index contributed by atoms with van der Waals surface area (Å²) >= 11 is 0. The number of likely N-dealkylation sites (N-methyl/N-ethyl adjacent to an activating group) is 1. The smallest absolute Gasteiger partial charge is 0.219 e. The van der Waals surface area contributed by atoms with Gasteiger partial charge in [-0.15, -0.1) is 0 Å². The number of nitrogens with one attached hydrogen (secondary N) is 1. The molecule has 0 bridgehead atoms. The average Bonchev–Trinajstić information content (AvgIpc) is 2.34. The molecule has 1 amide bonds. The zero-order valence-electron chi connectivity index (χ0n) is 11.3. The summed E-state index contributed by atoms with van der Waals surface area (Å²) in [5.74, 6) is 0.152. The van der Waals surface area contributed by atoms with E-state index in [-0.39, 0.29) is 5.91 Å². The second-order valence-corrected chi connectivity index (χ2v) is 3.92. The SMILES string of the molecule is CC.CNC(=O)CCCN1CCN(C)CC1. The highest BCUT2D eigenvalue weighted by Gasteiger charge is 2.13. The predicted molar refractivity (Wildman–Crippen MR) is 68.6 cm³/mol. The molecule has 0 unspecified atom stereocenters. The Balaban J connectivity index is 0.00000106. The molecule has 4 heteroatoms. The van der Waals surface area contributed by atoms with Crippen molar-refractivity contribution in [1.82, 2.24) is 15.1 Å². The standard InChI is InChI=1S/C10H21N3O.C2H6/c1-11-10(14)4-3-5-13-8-6-12(2)7-9-13;1-2/h3-9H2,1-2H3,(H,11,14);1-2H3. The second-order valence-electron chi connectivity index (χ2n) is 3.92. The summed E-state index contributed by atoms with van der Waals surface area (Å²) < 4.78 is 0. The van der Waals surface area contributed by atoms with Gasteiger partial charge in [0, 0.05) is 39.6 Å². The van der Waals surface area contributed by atoms with E-state index in [4.69, 9.17) is 0 Å². The molecule has 1 heterocycles. The van der Waals surface area contributed by atoms with Crippen molar-refractivity contribution < 1.29 is 4.79 Å². The van der Waals surface area contributed by atoms with Crippen LogP contribution in [-0.2, 0) is 4.79 Å². The molecule has 4 nitrogen and oxygen atoms in total. The Morgan fingerprint density at radius 2 is 1.75 bits per heavy atom. The van der Waals surface area contributed by atoms with Crippen molar-refractivity contribution in [3.8, 4) is 0 Å². The Morgan fingerprint density at radius 1 is 1.19 bits per heavy atom. The minimum Gasteiger partial charge on any atom is -0.359 e. The molecule has 1 saturated heterocycles. The molecule has 0 aromatic rings. The Kier molecular flexibility index (Phi) is 9.24. The van der Waals surface area contributed by atoms with Crippen LogP contribution in [-0.4, -0.2) is 62.5 Å². The molecule has 0 aliphatic carbocycles. The van der Waals surface area contributed by atoms with Gasteiger partial charge < -0.3 is 15.1 Å². The molecule has 1 aliphatic heterocycles. The highest BCUT2D eigenvalue weighted by Crippen LogP contribution is 2.01. The lowest BCUT2D eigenvalue weighted by molar-refractivity contribution is -0.120. The maximum absolute atomic E-state index is 11.0. The molecule has 0 spiro atoms. The molecule has 0 saturated carbocycles. The molecule has 0 atom stereocenters. The maximum atomic E-state index is 11.0. The molecule has 1 N–H and O–H groups in total. The average molecular weight is 229 g/mol. The van der Waals surface area contributed by atoms with Crippen LogP contribution < -0.4 is 5.32 Å². The number of carbonyl (C=O) groups excluding carboxylic acids is 1. The summed E-state index contributed by atoms with van der Waals surface area (Å²) in [5, 5.41) is 2.64. The summed E-state index contributed by atoms with van der Waals surface area (Å²) in [6.07, 6.45) is 1.63. The molecule has 96 valence electrons. The lowest BCUT2D eigenvalue weighted by Crippen LogP contribution is -2.44. The van der Waals surface area contributed by atoms with Gasteiger partial charge in [-0.05, 0) is 20.0 Å². The van der Waals surface area contributed by atoms with E-state index in [0.29, 0.717) is 6.42 Å². The van der Waals surface area contributed by atoms with E-state index in [1.165, 1.54) is 0 Å². The lowest BCUT2D eigenvalue weighted by Gasteiger charge is -2.32. The van der Waals surface area contributed by atoms with Crippen LogP contribution >= 0.6 is 0 Å². The number of amides is 1. The van der Waals surface area contributed by atoms with Crippen molar-refractivity contribution in [2.75, 3.05) is 46.8 Å². The maximum Gasteiger partial charge on any atom is 0.219 e. The van der Waals surface area contributed by atoms with Crippen molar-refractivity contribution in [2.24, 2.45) is 0 Å². The first-order chi connectivity index (χ1) is 7.72. The van der Waals surface area contributed by atoms with E-state index >= 15 is 0 Å². The third kappa shape index (κ3) is 6.80. The van der Waals surface area contributed by atoms with Crippen LogP contribution in [0.5, 0.6) is 0 Å². The van der Waals surface area contributed by atoms with Crippen molar-refractivity contribution in [3.63, 3.8) is 0 Å². The van der Waals surface area contributed by atoms with E-state index in [1.54, 1.807) is 7.05 Å². The molecule has 1 aliphatic rings. The summed E-state index contributed by atoms with van der Waals surface area (Å²) in [6, 6.07) is 0. The lowest BCUT2D eigenvalue weighted by atomic mass is 10.2. The molecule has 1 fully saturated rings. The van der Waals surface area contributed by atoms with Gasteiger partial charge in [0.25, 0.3) is 0 Å². The van der Waals surface area contributed by atoms with Crippen LogP contribution in [0.3, 0.4) is 0 Å². The van der Waals surface area contributed by atoms with E-state index < -0.39 is 0 Å². The van der Waals surface area contributed by atoms with Crippen LogP contribution in [0.4, 0.5) is 0 Å². The van der Waals surface area contributed by atoms with E-state index in [1.807, 2.05) is 13.8 Å². The fourth-order valence-electron chi connectivity index (χ4n) is 1.66. The number of rotatable bonds is 4. The van der Waals surface area contributed by atoms with Crippen LogP contribution in [0.2, 0.25) is 0 Å². The van der Waals surface area contributed by atoms with E-state index in [2.05, 4.69) is 22.2 Å². The molecule has 1 rings (SSSR count). The zero-order chi connectivity index (χ0) is 12.4. The first kappa shape index (κ1) is 15.4. The normalized spacial score (nSPS) is 17.5. The quantitative estimate of drug-likeness (QED) is 0.774. The fraction of sp³-hybridized carbons (Fsp3) is 0.917. The third-order valence-electron chi connectivity index (χ3n) is 2.75. The van der Waals surface area contributed by atoms with Gasteiger partial charge in [0.1, 0.15) is 0 Å². The minimum absolute atomic E-state index is 0.152. The molecule has 0 radical (unpaired) electrons. The van der Waals surface area contributed by atoms with Crippen molar-refractivity contribution in [3.05, 3.63) is 0 Å². The van der Waals surface area contributed by atoms with Crippen LogP contribution in [0.1, 0.15) is 26.7 Å². The summed E-state index contributed by atoms with van der Waals surface area (Å²) in [7, 11) is 3.85. The number of nitrogens with zero attached hydrogens (tertiary/aromatic N) is 2. The Bertz CT molecular complexity index is 177. The topological polar surface area (TPSA) is 35.6 Å². The van der Waals surface area contributed by atoms with Crippen molar-refractivity contribution >= 4 is 5.91 Å². The first-order valence-corrected chi connectivity index (χ1v) is 6.34. The highest BCUT2D eigenvalue weighted by molar-refractivity contribution is 5.75. The molecule has 16 heavy (non-hydrogen) atoms. The van der Waals surface area contributed by atoms with Gasteiger partial charge >= 0.3 is 0 Å². The Hall–Kier alpha value is -0.610. The minimum atomic E-state index is 0.152. The van der Waals surface area contributed by atoms with Gasteiger partial charge in [-0.3, -0.25) is 4.79 Å². The zero-order valence-corrected chi connectivity index (χ0v) is 11.3. The highest BCUT2D eigenvalue weighted by atomic mass is 16.1. The van der Waals surface area contributed by atoms with Crippen LogP contribution in [0.15, 0.2) is 0 Å². The summed E-state index contributed by atoms with van der Waals surface area (Å²) in [5.41, 5.74) is 0.